The van der Waals surface area contributed by atoms with Crippen LogP contribution in [0.4, 0.5) is 5.69 Å². The van der Waals surface area contributed by atoms with Gasteiger partial charge in [-0.05, 0) is 43.0 Å². The quantitative estimate of drug-likeness (QED) is 0.618. The van der Waals surface area contributed by atoms with Crippen LogP contribution in [0.5, 0.6) is 0 Å². The zero-order valence-corrected chi connectivity index (χ0v) is 16.5. The molecule has 0 saturated carbocycles. The minimum absolute atomic E-state index is 0.144. The number of hydrogen-bond acceptors (Lipinski definition) is 6. The predicted molar refractivity (Wildman–Crippen MR) is 108 cm³/mol. The van der Waals surface area contributed by atoms with Gasteiger partial charge in [0.05, 0.1) is 0 Å². The Hall–Kier alpha value is -2.71. The fraction of sp³-hybridized carbons (Fsp3) is 0.158. The molecule has 138 valence electrons. The molecule has 0 aliphatic rings. The number of aryl methyl sites for hydroxylation is 1. The topological polar surface area (TPSA) is 84.0 Å². The van der Waals surface area contributed by atoms with Crippen molar-refractivity contribution >= 4 is 40.6 Å². The summed E-state index contributed by atoms with van der Waals surface area (Å²) in [5.41, 5.74) is 2.76. The van der Waals surface area contributed by atoms with Crippen molar-refractivity contribution in [1.29, 1.82) is 0 Å². The Morgan fingerprint density at radius 3 is 2.22 bits per heavy atom. The van der Waals surface area contributed by atoms with Crippen LogP contribution in [0.2, 0.25) is 0 Å². The van der Waals surface area contributed by atoms with Gasteiger partial charge in [0.25, 0.3) is 11.8 Å². The number of amides is 2. The molecule has 0 saturated heterocycles. The number of carbonyl (C=O) groups excluding carboxylic acids is 2. The smallest absolute Gasteiger partial charge is 0.286 e. The summed E-state index contributed by atoms with van der Waals surface area (Å²) >= 11 is 2.63. The van der Waals surface area contributed by atoms with Gasteiger partial charge in [-0.25, -0.2) is 0 Å². The van der Waals surface area contributed by atoms with Crippen LogP contribution in [0.1, 0.15) is 30.7 Å². The Kier molecular flexibility index (Phi) is 6.20. The molecule has 2 aromatic carbocycles. The maximum Gasteiger partial charge on any atom is 0.286 e. The van der Waals surface area contributed by atoms with Gasteiger partial charge in [0.1, 0.15) is 0 Å². The van der Waals surface area contributed by atoms with Crippen molar-refractivity contribution in [1.82, 2.24) is 15.5 Å². The van der Waals surface area contributed by atoms with Gasteiger partial charge < -0.3 is 10.6 Å². The van der Waals surface area contributed by atoms with Gasteiger partial charge in [0, 0.05) is 17.1 Å². The molecule has 6 nitrogen and oxygen atoms in total. The SMILES string of the molecule is CSc1ccc(CNC(=O)c2nnc(C(=O)Nc3ccc(C)cc3)s2)cc1. The monoisotopic (exact) mass is 398 g/mol. The van der Waals surface area contributed by atoms with Crippen LogP contribution in [0.15, 0.2) is 53.4 Å². The third kappa shape index (κ3) is 5.15. The molecule has 0 radical (unpaired) electrons. The van der Waals surface area contributed by atoms with Gasteiger partial charge in [-0.2, -0.15) is 0 Å². The van der Waals surface area contributed by atoms with Crippen molar-refractivity contribution in [2.45, 2.75) is 18.4 Å². The van der Waals surface area contributed by atoms with Gasteiger partial charge in [-0.1, -0.05) is 41.2 Å². The van der Waals surface area contributed by atoms with Crippen LogP contribution >= 0.6 is 23.1 Å². The van der Waals surface area contributed by atoms with E-state index in [1.54, 1.807) is 11.8 Å². The fourth-order valence-corrected chi connectivity index (χ4v) is 3.29. The van der Waals surface area contributed by atoms with E-state index in [0.29, 0.717) is 12.2 Å². The second-order valence-electron chi connectivity index (χ2n) is 5.76. The van der Waals surface area contributed by atoms with Gasteiger partial charge in [-0.15, -0.1) is 22.0 Å². The third-order valence-corrected chi connectivity index (χ3v) is 5.40. The molecule has 0 bridgehead atoms. The van der Waals surface area contributed by atoms with Crippen LogP contribution in [0.25, 0.3) is 0 Å². The van der Waals surface area contributed by atoms with Crippen molar-refractivity contribution in [3.8, 4) is 0 Å². The molecular weight excluding hydrogens is 380 g/mol. The van der Waals surface area contributed by atoms with Gasteiger partial charge in [-0.3, -0.25) is 9.59 Å². The lowest BCUT2D eigenvalue weighted by molar-refractivity contribution is 0.0948. The Morgan fingerprint density at radius 1 is 0.963 bits per heavy atom. The van der Waals surface area contributed by atoms with Crippen molar-refractivity contribution in [3.05, 3.63) is 69.7 Å². The molecule has 3 rings (SSSR count). The molecule has 0 aliphatic carbocycles. The molecule has 0 aliphatic heterocycles. The molecule has 0 fully saturated rings. The third-order valence-electron chi connectivity index (χ3n) is 3.74. The Bertz CT molecular complexity index is 937. The van der Waals surface area contributed by atoms with Crippen molar-refractivity contribution in [2.75, 3.05) is 11.6 Å². The van der Waals surface area contributed by atoms with E-state index in [1.165, 1.54) is 4.90 Å². The maximum absolute atomic E-state index is 12.2. The normalized spacial score (nSPS) is 10.4. The number of rotatable bonds is 6. The van der Waals surface area contributed by atoms with Crippen molar-refractivity contribution in [3.63, 3.8) is 0 Å². The van der Waals surface area contributed by atoms with E-state index in [0.717, 1.165) is 22.5 Å². The molecule has 0 spiro atoms. The lowest BCUT2D eigenvalue weighted by Crippen LogP contribution is -2.22. The Morgan fingerprint density at radius 2 is 1.59 bits per heavy atom. The summed E-state index contributed by atoms with van der Waals surface area (Å²) < 4.78 is 0. The number of benzene rings is 2. The first-order valence-corrected chi connectivity index (χ1v) is 10.2. The zero-order chi connectivity index (χ0) is 19.2. The lowest BCUT2D eigenvalue weighted by atomic mass is 10.2. The van der Waals surface area contributed by atoms with Gasteiger partial charge in [0.15, 0.2) is 0 Å². The van der Waals surface area contributed by atoms with Crippen LogP contribution in [-0.4, -0.2) is 28.3 Å². The maximum atomic E-state index is 12.2. The summed E-state index contributed by atoms with van der Waals surface area (Å²) in [6.45, 7) is 2.36. The van der Waals surface area contributed by atoms with E-state index in [9.17, 15) is 9.59 Å². The molecule has 2 amide bonds. The molecule has 27 heavy (non-hydrogen) atoms. The van der Waals surface area contributed by atoms with Crippen LogP contribution < -0.4 is 10.6 Å². The Labute approximate surface area is 165 Å². The summed E-state index contributed by atoms with van der Waals surface area (Å²) in [7, 11) is 0. The van der Waals surface area contributed by atoms with E-state index in [4.69, 9.17) is 0 Å². The van der Waals surface area contributed by atoms with Gasteiger partial charge >= 0.3 is 0 Å². The fourth-order valence-electron chi connectivity index (χ4n) is 2.23. The van der Waals surface area contributed by atoms with Gasteiger partial charge in [0.2, 0.25) is 10.0 Å². The van der Waals surface area contributed by atoms with E-state index >= 15 is 0 Å². The Balaban J connectivity index is 1.57. The number of carbonyl (C=O) groups is 2. The van der Waals surface area contributed by atoms with E-state index in [1.807, 2.05) is 61.7 Å². The zero-order valence-electron chi connectivity index (χ0n) is 14.9. The second-order valence-corrected chi connectivity index (χ2v) is 7.62. The average Bonchev–Trinajstić information content (AvgIpc) is 3.19. The van der Waals surface area contributed by atoms with Crippen molar-refractivity contribution in [2.24, 2.45) is 0 Å². The molecule has 8 heteroatoms. The minimum Gasteiger partial charge on any atom is -0.346 e. The first-order chi connectivity index (χ1) is 13.0. The highest BCUT2D eigenvalue weighted by Gasteiger charge is 2.17. The molecule has 3 aromatic rings. The molecule has 0 unspecified atom stereocenters. The molecule has 0 atom stereocenters. The van der Waals surface area contributed by atoms with E-state index in [2.05, 4.69) is 20.8 Å². The van der Waals surface area contributed by atoms with Crippen LogP contribution in [0, 0.1) is 6.92 Å². The molecule has 1 aromatic heterocycles. The average molecular weight is 399 g/mol. The molecular formula is C19H18N4O2S2. The van der Waals surface area contributed by atoms with Crippen LogP contribution in [0.3, 0.4) is 0 Å². The highest BCUT2D eigenvalue weighted by atomic mass is 32.2. The minimum atomic E-state index is -0.386. The number of thioether (sulfide) groups is 1. The first-order valence-electron chi connectivity index (χ1n) is 8.18. The predicted octanol–water partition coefficient (Wildman–Crippen LogP) is 3.75. The number of aromatic nitrogens is 2. The highest BCUT2D eigenvalue weighted by Crippen LogP contribution is 2.16. The highest BCUT2D eigenvalue weighted by molar-refractivity contribution is 7.98. The summed E-state index contributed by atoms with van der Waals surface area (Å²) in [4.78, 5) is 25.6. The van der Waals surface area contributed by atoms with E-state index in [-0.39, 0.29) is 21.8 Å². The van der Waals surface area contributed by atoms with Crippen LogP contribution in [-0.2, 0) is 6.54 Å². The summed E-state index contributed by atoms with van der Waals surface area (Å²) in [5, 5.41) is 13.5. The number of nitrogens with one attached hydrogen (secondary N) is 2. The first kappa shape index (κ1) is 19.1. The molecule has 1 heterocycles. The van der Waals surface area contributed by atoms with Crippen molar-refractivity contribution < 1.29 is 9.59 Å². The largest absolute Gasteiger partial charge is 0.346 e. The standard InChI is InChI=1S/C19H18N4O2S2/c1-12-3-7-14(8-4-12)21-17(25)19-23-22-18(27-19)16(24)20-11-13-5-9-15(26-2)10-6-13/h3-10H,11H2,1-2H3,(H,20,24)(H,21,25). The summed E-state index contributed by atoms with van der Waals surface area (Å²) in [5.74, 6) is -0.737. The summed E-state index contributed by atoms with van der Waals surface area (Å²) in [6.07, 6.45) is 2.01. The lowest BCUT2D eigenvalue weighted by Gasteiger charge is -2.04. The van der Waals surface area contributed by atoms with E-state index < -0.39 is 0 Å². The second kappa shape index (κ2) is 8.79. The number of nitrogens with zero attached hydrogens (tertiary/aromatic N) is 2. The number of hydrogen-bond donors (Lipinski definition) is 2. The number of anilines is 1. The molecule has 2 N–H and O–H groups in total. The summed E-state index contributed by atoms with van der Waals surface area (Å²) in [6, 6.07) is 15.4.